The summed E-state index contributed by atoms with van der Waals surface area (Å²) in [7, 11) is 0. The highest BCUT2D eigenvalue weighted by Crippen LogP contribution is 2.68. The Hall–Kier alpha value is -0.330. The molecule has 0 amide bonds. The van der Waals surface area contributed by atoms with Crippen LogP contribution in [0.5, 0.6) is 0 Å². The summed E-state index contributed by atoms with van der Waals surface area (Å²) in [5, 5.41) is 0. The molecule has 3 rings (SSSR count). The normalized spacial score (nSPS) is 45.2. The molecule has 10 heavy (non-hydrogen) atoms. The van der Waals surface area contributed by atoms with E-state index in [9.17, 15) is 4.79 Å². The van der Waals surface area contributed by atoms with Crippen LogP contribution in [0.3, 0.4) is 0 Å². The predicted octanol–water partition coefficient (Wildman–Crippen LogP) is 2.01. The fourth-order valence-corrected chi connectivity index (χ4v) is 2.51. The van der Waals surface area contributed by atoms with Crippen molar-refractivity contribution >= 4 is 5.78 Å². The van der Waals surface area contributed by atoms with Gasteiger partial charge < -0.3 is 0 Å². The van der Waals surface area contributed by atoms with Crippen molar-refractivity contribution in [1.29, 1.82) is 0 Å². The van der Waals surface area contributed by atoms with Gasteiger partial charge in [-0.25, -0.2) is 0 Å². The summed E-state index contributed by atoms with van der Waals surface area (Å²) in [4.78, 5) is 11.0. The first-order valence-corrected chi connectivity index (χ1v) is 4.14. The van der Waals surface area contributed by atoms with Crippen LogP contribution in [0.25, 0.3) is 0 Å². The molecule has 3 aliphatic carbocycles. The van der Waals surface area contributed by atoms with Gasteiger partial charge in [0.2, 0.25) is 0 Å². The third kappa shape index (κ3) is 0.561. The molecule has 3 fully saturated rings. The minimum absolute atomic E-state index is 0.345. The lowest BCUT2D eigenvalue weighted by Gasteiger charge is -2.64. The van der Waals surface area contributed by atoms with Gasteiger partial charge in [-0.1, -0.05) is 6.92 Å². The van der Waals surface area contributed by atoms with Crippen LogP contribution >= 0.6 is 0 Å². The van der Waals surface area contributed by atoms with Gasteiger partial charge in [0.15, 0.2) is 0 Å². The molecule has 0 N–H and O–H groups in total. The molecule has 2 bridgehead atoms. The molecule has 0 saturated heterocycles. The van der Waals surface area contributed by atoms with Crippen molar-refractivity contribution in [1.82, 2.24) is 0 Å². The molecule has 1 nitrogen and oxygen atoms in total. The number of carbonyl (C=O) groups is 1. The lowest BCUT2D eigenvalue weighted by Crippen LogP contribution is -2.56. The minimum Gasteiger partial charge on any atom is -0.300 e. The number of rotatable bonds is 2. The molecular weight excluding hydrogens is 124 g/mol. The molecule has 1 atom stereocenters. The molecule has 56 valence electrons. The van der Waals surface area contributed by atoms with Crippen molar-refractivity contribution in [2.75, 3.05) is 0 Å². The third-order valence-corrected chi connectivity index (χ3v) is 3.61. The maximum Gasteiger partial charge on any atom is 0.133 e. The van der Waals surface area contributed by atoms with Crippen molar-refractivity contribution in [2.24, 2.45) is 17.3 Å². The molecule has 1 heteroatoms. The van der Waals surface area contributed by atoms with Crippen LogP contribution in [0, 0.1) is 17.3 Å². The van der Waals surface area contributed by atoms with Gasteiger partial charge in [-0.15, -0.1) is 0 Å². The SMILES string of the molecule is CC(=O)C(C)C12CC(C1)C2. The highest BCUT2D eigenvalue weighted by molar-refractivity contribution is 5.79. The number of Topliss-reactive ketones (excluding diaryl/α,β-unsaturated/α-hetero) is 1. The molecule has 0 aliphatic heterocycles. The van der Waals surface area contributed by atoms with E-state index in [4.69, 9.17) is 0 Å². The van der Waals surface area contributed by atoms with Crippen LogP contribution in [-0.4, -0.2) is 5.78 Å². The second-order valence-corrected chi connectivity index (χ2v) is 4.17. The fourth-order valence-electron chi connectivity index (χ4n) is 2.51. The second-order valence-electron chi connectivity index (χ2n) is 4.17. The van der Waals surface area contributed by atoms with E-state index < -0.39 is 0 Å². The molecule has 0 aromatic rings. The number of hydrogen-bond donors (Lipinski definition) is 0. The van der Waals surface area contributed by atoms with Crippen LogP contribution in [0.2, 0.25) is 0 Å². The molecule has 0 aromatic heterocycles. The highest BCUT2D eigenvalue weighted by Gasteiger charge is 2.59. The molecule has 3 saturated carbocycles. The van der Waals surface area contributed by atoms with Crippen LogP contribution in [0.4, 0.5) is 0 Å². The van der Waals surface area contributed by atoms with E-state index in [1.165, 1.54) is 19.3 Å². The summed E-state index contributed by atoms with van der Waals surface area (Å²) in [6, 6.07) is 0. The van der Waals surface area contributed by atoms with Gasteiger partial charge in [-0.2, -0.15) is 0 Å². The topological polar surface area (TPSA) is 17.1 Å². The summed E-state index contributed by atoms with van der Waals surface area (Å²) in [6.45, 7) is 3.82. The van der Waals surface area contributed by atoms with Gasteiger partial charge in [0.1, 0.15) is 5.78 Å². The van der Waals surface area contributed by atoms with Crippen molar-refractivity contribution in [3.63, 3.8) is 0 Å². The Morgan fingerprint density at radius 1 is 1.50 bits per heavy atom. The zero-order chi connectivity index (χ0) is 7.35. The summed E-state index contributed by atoms with van der Waals surface area (Å²) in [5.41, 5.74) is 0.497. The molecule has 0 spiro atoms. The van der Waals surface area contributed by atoms with E-state index in [0.29, 0.717) is 17.1 Å². The lowest BCUT2D eigenvalue weighted by molar-refractivity contribution is -0.162. The smallest absolute Gasteiger partial charge is 0.133 e. The first kappa shape index (κ1) is 6.38. The van der Waals surface area contributed by atoms with Gasteiger partial charge in [0.05, 0.1) is 0 Å². The van der Waals surface area contributed by atoms with Gasteiger partial charge in [-0.3, -0.25) is 4.79 Å². The Kier molecular flexibility index (Phi) is 1.04. The molecule has 1 unspecified atom stereocenters. The predicted molar refractivity (Wildman–Crippen MR) is 39.6 cm³/mol. The second kappa shape index (κ2) is 1.63. The average Bonchev–Trinajstić information content (AvgIpc) is 1.56. The fraction of sp³-hybridized carbons (Fsp3) is 0.889. The highest BCUT2D eigenvalue weighted by atomic mass is 16.1. The van der Waals surface area contributed by atoms with Crippen LogP contribution in [0.1, 0.15) is 33.1 Å². The Morgan fingerprint density at radius 3 is 2.10 bits per heavy atom. The van der Waals surface area contributed by atoms with E-state index in [-0.39, 0.29) is 0 Å². The maximum absolute atomic E-state index is 11.0. The van der Waals surface area contributed by atoms with E-state index in [0.717, 1.165) is 5.92 Å². The summed E-state index contributed by atoms with van der Waals surface area (Å²) >= 11 is 0. The van der Waals surface area contributed by atoms with Crippen LogP contribution in [-0.2, 0) is 4.79 Å². The minimum atomic E-state index is 0.345. The lowest BCUT2D eigenvalue weighted by atomic mass is 9.40. The largest absolute Gasteiger partial charge is 0.300 e. The molecule has 0 aromatic carbocycles. The summed E-state index contributed by atoms with van der Waals surface area (Å²) in [5.74, 6) is 1.73. The van der Waals surface area contributed by atoms with Gasteiger partial charge in [0, 0.05) is 5.92 Å². The van der Waals surface area contributed by atoms with Crippen LogP contribution in [0.15, 0.2) is 0 Å². The first-order valence-electron chi connectivity index (χ1n) is 4.14. The number of ketones is 1. The summed E-state index contributed by atoms with van der Waals surface area (Å²) < 4.78 is 0. The number of hydrogen-bond acceptors (Lipinski definition) is 1. The quantitative estimate of drug-likeness (QED) is 0.570. The van der Waals surface area contributed by atoms with Crippen molar-refractivity contribution < 1.29 is 4.79 Å². The zero-order valence-electron chi connectivity index (χ0n) is 6.68. The third-order valence-electron chi connectivity index (χ3n) is 3.61. The first-order chi connectivity index (χ1) is 4.64. The van der Waals surface area contributed by atoms with Crippen molar-refractivity contribution in [3.8, 4) is 0 Å². The maximum atomic E-state index is 11.0. The average molecular weight is 138 g/mol. The Labute approximate surface area is 61.8 Å². The Bertz CT molecular complexity index is 166. The van der Waals surface area contributed by atoms with E-state index in [2.05, 4.69) is 6.92 Å². The molecule has 0 radical (unpaired) electrons. The van der Waals surface area contributed by atoms with Crippen molar-refractivity contribution in [2.45, 2.75) is 33.1 Å². The molecule has 3 aliphatic rings. The van der Waals surface area contributed by atoms with Crippen LogP contribution < -0.4 is 0 Å². The van der Waals surface area contributed by atoms with E-state index in [1.54, 1.807) is 6.92 Å². The van der Waals surface area contributed by atoms with Crippen molar-refractivity contribution in [3.05, 3.63) is 0 Å². The van der Waals surface area contributed by atoms with Gasteiger partial charge in [0.25, 0.3) is 0 Å². The Balaban J connectivity index is 2.04. The molecular formula is C9H14O. The number of carbonyl (C=O) groups excluding carboxylic acids is 1. The Morgan fingerprint density at radius 2 is 2.00 bits per heavy atom. The zero-order valence-corrected chi connectivity index (χ0v) is 6.68. The van der Waals surface area contributed by atoms with Gasteiger partial charge in [-0.05, 0) is 37.5 Å². The summed E-state index contributed by atoms with van der Waals surface area (Å²) in [6.07, 6.45) is 4.02. The standard InChI is InChI=1S/C9H14O/c1-6(7(2)10)9-3-8(4-9)5-9/h6,8H,3-5H2,1-2H3. The van der Waals surface area contributed by atoms with Gasteiger partial charge >= 0.3 is 0 Å². The monoisotopic (exact) mass is 138 g/mol. The van der Waals surface area contributed by atoms with E-state index in [1.807, 2.05) is 0 Å². The molecule has 0 heterocycles. The van der Waals surface area contributed by atoms with E-state index >= 15 is 0 Å².